The van der Waals surface area contributed by atoms with Crippen LogP contribution in [0.3, 0.4) is 0 Å². The van der Waals surface area contributed by atoms with E-state index in [1.165, 1.54) is 0 Å². The number of hydrogen-bond donors (Lipinski definition) is 0. The van der Waals surface area contributed by atoms with Crippen molar-refractivity contribution >= 4 is 12.0 Å². The van der Waals surface area contributed by atoms with Gasteiger partial charge in [0.1, 0.15) is 5.60 Å². The fraction of sp³-hybridized carbons (Fsp3) is 0.920. The minimum absolute atomic E-state index is 0.0507. The molecule has 4 rings (SSSR count). The van der Waals surface area contributed by atoms with Gasteiger partial charge in [0.2, 0.25) is 5.91 Å². The minimum Gasteiger partial charge on any atom is -0.444 e. The molecule has 4 aliphatic rings. The molecule has 0 spiro atoms. The summed E-state index contributed by atoms with van der Waals surface area (Å²) in [5.74, 6) is -0.0928. The summed E-state index contributed by atoms with van der Waals surface area (Å²) >= 11 is 0. The van der Waals surface area contributed by atoms with Crippen molar-refractivity contribution < 1.29 is 37.0 Å². The van der Waals surface area contributed by atoms with Crippen molar-refractivity contribution in [3.63, 3.8) is 0 Å². The van der Waals surface area contributed by atoms with Crippen LogP contribution in [0.5, 0.6) is 0 Å². The number of amides is 2. The van der Waals surface area contributed by atoms with Crippen molar-refractivity contribution in [2.24, 2.45) is 17.3 Å². The third-order valence-corrected chi connectivity index (χ3v) is 8.21. The van der Waals surface area contributed by atoms with Gasteiger partial charge in [-0.2, -0.15) is 13.2 Å². The number of likely N-dealkylation sites (tertiary alicyclic amines) is 2. The summed E-state index contributed by atoms with van der Waals surface area (Å²) in [6, 6.07) is -0.457. The summed E-state index contributed by atoms with van der Waals surface area (Å²) in [7, 11) is 1.64. The summed E-state index contributed by atoms with van der Waals surface area (Å²) in [4.78, 5) is 29.6. The van der Waals surface area contributed by atoms with Gasteiger partial charge in [0.05, 0.1) is 36.6 Å². The molecular formula is C25H39F3N2O5. The number of carbonyl (C=O) groups is 2. The third kappa shape index (κ3) is 5.89. The van der Waals surface area contributed by atoms with Crippen LogP contribution < -0.4 is 0 Å². The number of fused-ring (bicyclic) bond motifs is 2. The lowest BCUT2D eigenvalue weighted by Gasteiger charge is -2.40. The molecular weight excluding hydrogens is 465 g/mol. The van der Waals surface area contributed by atoms with Crippen molar-refractivity contribution in [2.45, 2.75) is 95.7 Å². The largest absolute Gasteiger partial charge is 0.444 e. The Morgan fingerprint density at radius 1 is 1.09 bits per heavy atom. The number of nitrogens with zero attached hydrogens (tertiary/aromatic N) is 2. The van der Waals surface area contributed by atoms with Gasteiger partial charge in [-0.15, -0.1) is 0 Å². The molecule has 10 heteroatoms. The molecule has 6 atom stereocenters. The summed E-state index contributed by atoms with van der Waals surface area (Å²) in [5, 5.41) is 0. The summed E-state index contributed by atoms with van der Waals surface area (Å²) < 4.78 is 57.7. The molecule has 0 radical (unpaired) electrons. The molecule has 7 nitrogen and oxygen atoms in total. The van der Waals surface area contributed by atoms with E-state index < -0.39 is 29.7 Å². The molecule has 0 unspecified atom stereocenters. The Labute approximate surface area is 205 Å². The molecule has 3 saturated heterocycles. The van der Waals surface area contributed by atoms with Crippen LogP contribution >= 0.6 is 0 Å². The average Bonchev–Trinajstić information content (AvgIpc) is 3.46. The maximum absolute atomic E-state index is 13.7. The highest BCUT2D eigenvalue weighted by Gasteiger charge is 2.57. The van der Waals surface area contributed by atoms with Crippen LogP contribution in [0.2, 0.25) is 0 Å². The molecule has 0 aromatic carbocycles. The van der Waals surface area contributed by atoms with Crippen LogP contribution in [0, 0.1) is 17.3 Å². The lowest BCUT2D eigenvalue weighted by Crippen LogP contribution is -2.55. The molecule has 35 heavy (non-hydrogen) atoms. The lowest BCUT2D eigenvalue weighted by atomic mass is 9.78. The molecule has 1 aliphatic carbocycles. The van der Waals surface area contributed by atoms with E-state index in [0.29, 0.717) is 32.6 Å². The summed E-state index contributed by atoms with van der Waals surface area (Å²) in [5.41, 5.74) is -2.05. The fourth-order valence-corrected chi connectivity index (χ4v) is 6.73. The smallest absolute Gasteiger partial charge is 0.410 e. The van der Waals surface area contributed by atoms with E-state index in [4.69, 9.17) is 14.2 Å². The van der Waals surface area contributed by atoms with E-state index in [1.54, 1.807) is 37.7 Å². The number of methoxy groups -OCH3 is 1. The van der Waals surface area contributed by atoms with Gasteiger partial charge in [-0.3, -0.25) is 4.79 Å². The molecule has 3 heterocycles. The number of hydrogen-bond acceptors (Lipinski definition) is 5. The minimum atomic E-state index is -4.42. The SMILES string of the molecule is CO[C@@H]1COCC[C@@H]1C[C@@H]1CC[C@](CC(F)(F)F)(C(=O)N2C[C@@H]3C[C@H]2CN3C(=O)OC(C)(C)C)C1. The molecule has 0 aromatic rings. The van der Waals surface area contributed by atoms with Crippen molar-refractivity contribution in [1.29, 1.82) is 0 Å². The number of piperazine rings is 1. The van der Waals surface area contributed by atoms with Gasteiger partial charge in [-0.05, 0) is 71.1 Å². The standard InChI is InChI=1S/C25H39F3N2O5/c1-23(2,3)35-22(32)30-13-18-10-19(30)12-29(18)21(31)24(15-25(26,27)28)7-5-16(11-24)9-17-6-8-34-14-20(17)33-4/h16-20H,5-15H2,1-4H3/t16-,17+,18-,19-,20+,24-/m0/s1. The van der Waals surface area contributed by atoms with Gasteiger partial charge < -0.3 is 24.0 Å². The van der Waals surface area contributed by atoms with E-state index in [-0.39, 0.29) is 55.3 Å². The van der Waals surface area contributed by atoms with E-state index in [2.05, 4.69) is 0 Å². The van der Waals surface area contributed by atoms with Gasteiger partial charge >= 0.3 is 12.3 Å². The van der Waals surface area contributed by atoms with Gasteiger partial charge in [0, 0.05) is 26.8 Å². The zero-order chi connectivity index (χ0) is 25.6. The molecule has 200 valence electrons. The van der Waals surface area contributed by atoms with Crippen molar-refractivity contribution in [2.75, 3.05) is 33.4 Å². The van der Waals surface area contributed by atoms with E-state index in [1.807, 2.05) is 0 Å². The quantitative estimate of drug-likeness (QED) is 0.556. The zero-order valence-electron chi connectivity index (χ0n) is 21.2. The second kappa shape index (κ2) is 9.72. The van der Waals surface area contributed by atoms with Gasteiger partial charge in [0.25, 0.3) is 0 Å². The van der Waals surface area contributed by atoms with Crippen LogP contribution in [0.15, 0.2) is 0 Å². The highest BCUT2D eigenvalue weighted by molar-refractivity contribution is 5.84. The number of rotatable bonds is 5. The highest BCUT2D eigenvalue weighted by atomic mass is 19.4. The topological polar surface area (TPSA) is 68.3 Å². The normalized spacial score (nSPS) is 35.6. The Kier molecular flexibility index (Phi) is 7.37. The number of halogens is 3. The molecule has 4 fully saturated rings. The maximum atomic E-state index is 13.7. The lowest BCUT2D eigenvalue weighted by molar-refractivity contribution is -0.175. The van der Waals surface area contributed by atoms with Crippen LogP contribution in [-0.4, -0.2) is 85.2 Å². The molecule has 1 saturated carbocycles. The number of carbonyl (C=O) groups excluding carboxylic acids is 2. The molecule has 0 aromatic heterocycles. The second-order valence-electron chi connectivity index (χ2n) is 11.9. The van der Waals surface area contributed by atoms with Crippen LogP contribution in [0.1, 0.15) is 65.7 Å². The zero-order valence-corrected chi connectivity index (χ0v) is 21.2. The first-order valence-electron chi connectivity index (χ1n) is 12.8. The Morgan fingerprint density at radius 2 is 1.77 bits per heavy atom. The monoisotopic (exact) mass is 504 g/mol. The van der Waals surface area contributed by atoms with Gasteiger partial charge in [-0.25, -0.2) is 4.79 Å². The Morgan fingerprint density at radius 3 is 2.37 bits per heavy atom. The van der Waals surface area contributed by atoms with Gasteiger partial charge in [-0.1, -0.05) is 0 Å². The third-order valence-electron chi connectivity index (χ3n) is 8.21. The Balaban J connectivity index is 1.44. The second-order valence-corrected chi connectivity index (χ2v) is 11.9. The fourth-order valence-electron chi connectivity index (χ4n) is 6.73. The predicted octanol–water partition coefficient (Wildman–Crippen LogP) is 4.39. The van der Waals surface area contributed by atoms with Crippen LogP contribution in [0.4, 0.5) is 18.0 Å². The van der Waals surface area contributed by atoms with Crippen molar-refractivity contribution in [1.82, 2.24) is 9.80 Å². The maximum Gasteiger partial charge on any atom is 0.410 e. The average molecular weight is 505 g/mol. The van der Waals surface area contributed by atoms with Crippen molar-refractivity contribution in [3.05, 3.63) is 0 Å². The summed E-state index contributed by atoms with van der Waals surface area (Å²) in [6.07, 6.45) is -2.69. The molecule has 2 amide bonds. The van der Waals surface area contributed by atoms with E-state index in [9.17, 15) is 22.8 Å². The van der Waals surface area contributed by atoms with Crippen LogP contribution in [-0.2, 0) is 19.0 Å². The first-order valence-corrected chi connectivity index (χ1v) is 12.8. The Bertz CT molecular complexity index is 801. The van der Waals surface area contributed by atoms with E-state index in [0.717, 1.165) is 12.8 Å². The van der Waals surface area contributed by atoms with Crippen molar-refractivity contribution in [3.8, 4) is 0 Å². The number of alkyl halides is 3. The first-order chi connectivity index (χ1) is 16.3. The molecule has 0 N–H and O–H groups in total. The first kappa shape index (κ1) is 26.5. The number of ether oxygens (including phenoxy) is 3. The molecule has 2 bridgehead atoms. The van der Waals surface area contributed by atoms with Gasteiger partial charge in [0.15, 0.2) is 0 Å². The predicted molar refractivity (Wildman–Crippen MR) is 122 cm³/mol. The highest BCUT2D eigenvalue weighted by Crippen LogP contribution is 2.53. The van der Waals surface area contributed by atoms with E-state index >= 15 is 0 Å². The summed E-state index contributed by atoms with van der Waals surface area (Å²) in [6.45, 7) is 7.11. The van der Waals surface area contributed by atoms with Crippen LogP contribution in [0.25, 0.3) is 0 Å². The Hall–Kier alpha value is -1.55. The molecule has 3 aliphatic heterocycles.